The van der Waals surface area contributed by atoms with E-state index in [0.717, 1.165) is 130 Å². The molecule has 0 rings (SSSR count). The lowest BCUT2D eigenvalue weighted by molar-refractivity contribution is -0.148. The van der Waals surface area contributed by atoms with Gasteiger partial charge in [-0.1, -0.05) is 103 Å². The van der Waals surface area contributed by atoms with Gasteiger partial charge in [-0.2, -0.15) is 0 Å². The molecule has 2 amide bonds. The highest BCUT2D eigenvalue weighted by molar-refractivity contribution is 5.81. The van der Waals surface area contributed by atoms with Crippen LogP contribution >= 0.6 is 0 Å². The number of nitrogens with two attached hydrogens (primary N) is 2. The Bertz CT molecular complexity index is 938. The molecule has 0 bridgehead atoms. The van der Waals surface area contributed by atoms with Crippen LogP contribution in [0.15, 0.2) is 0 Å². The minimum absolute atomic E-state index is 0.206. The predicted molar refractivity (Wildman–Crippen MR) is 255 cm³/mol. The Morgan fingerprint density at radius 1 is 0.419 bits per heavy atom. The maximum absolute atomic E-state index is 12.3. The molecule has 15 heteroatoms. The van der Waals surface area contributed by atoms with Gasteiger partial charge in [0.1, 0.15) is 18.3 Å². The zero-order valence-electron chi connectivity index (χ0n) is 39.4. The van der Waals surface area contributed by atoms with E-state index in [-0.39, 0.29) is 5.91 Å². The minimum atomic E-state index is -1.88. The Morgan fingerprint density at radius 3 is 1.24 bits per heavy atom. The number of rotatable bonds is 50. The summed E-state index contributed by atoms with van der Waals surface area (Å²) in [6.45, 7) is 10.4. The van der Waals surface area contributed by atoms with Crippen molar-refractivity contribution in [3.8, 4) is 0 Å². The molecule has 0 fully saturated rings. The zero-order valence-corrected chi connectivity index (χ0v) is 39.4. The highest BCUT2D eigenvalue weighted by atomic mass is 16.4. The van der Waals surface area contributed by atoms with Crippen molar-refractivity contribution in [2.24, 2.45) is 17.4 Å². The van der Waals surface area contributed by atoms with Gasteiger partial charge in [-0.15, -0.1) is 0 Å². The largest absolute Gasteiger partial charge is 0.394 e. The van der Waals surface area contributed by atoms with Crippen LogP contribution < -0.4 is 43.4 Å². The third kappa shape index (κ3) is 40.0. The summed E-state index contributed by atoms with van der Waals surface area (Å²) in [6, 6.07) is 0. The van der Waals surface area contributed by atoms with E-state index < -0.39 is 36.9 Å². The molecular weight excluding hydrogens is 789 g/mol. The summed E-state index contributed by atoms with van der Waals surface area (Å²) in [7, 11) is 0. The first kappa shape index (κ1) is 60.5. The SMILES string of the molecule is NCCCNCCCCNCC(CCCCCCNC(=O)CCCCCCCCCCCCCCCCCNC(=O)[C@@H](O)[C@H](O)[C@@H](O)[C@H](O)CO)CNCCCCNCCCN. The second-order valence-electron chi connectivity index (χ2n) is 17.5. The first-order valence-corrected chi connectivity index (χ1v) is 25.4. The molecule has 0 saturated heterocycles. The van der Waals surface area contributed by atoms with Crippen LogP contribution in [0.1, 0.15) is 173 Å². The van der Waals surface area contributed by atoms with Crippen molar-refractivity contribution < 1.29 is 35.1 Å². The molecule has 0 aliphatic carbocycles. The normalized spacial score (nSPS) is 13.7. The molecule has 0 aliphatic rings. The van der Waals surface area contributed by atoms with Gasteiger partial charge in [0.2, 0.25) is 5.91 Å². The second-order valence-corrected chi connectivity index (χ2v) is 17.5. The van der Waals surface area contributed by atoms with E-state index in [9.17, 15) is 30.0 Å². The van der Waals surface area contributed by atoms with Crippen molar-refractivity contribution >= 4 is 11.8 Å². The fraction of sp³-hybridized carbons (Fsp3) is 0.957. The van der Waals surface area contributed by atoms with Crippen LogP contribution in [0.4, 0.5) is 0 Å². The summed E-state index contributed by atoms with van der Waals surface area (Å²) in [5.74, 6) is 0.0470. The molecule has 0 aromatic rings. The zero-order chi connectivity index (χ0) is 45.6. The minimum Gasteiger partial charge on any atom is -0.394 e. The second kappa shape index (κ2) is 47.5. The summed E-state index contributed by atoms with van der Waals surface area (Å²) in [4.78, 5) is 24.3. The first-order valence-electron chi connectivity index (χ1n) is 25.4. The molecule has 15 nitrogen and oxygen atoms in total. The standard InChI is InChI=1S/C47H100N8O7/c48-28-24-34-50-30-20-22-32-52-38-41(39-53-33-23-21-31-51-35-25-29-49)26-16-13-15-18-36-54-43(58)27-17-12-10-8-6-4-2-1-3-5-7-9-11-14-19-37-55-47(62)46(61)45(60)44(59)42(57)40-56/h41-42,44-46,50-53,56-57,59-61H,1-40,48-49H2,(H,54,58)(H,55,62)/t42-,44+,45-,46+/m1/s1. The number of hydrogen-bond donors (Lipinski definition) is 13. The number of nitrogens with one attached hydrogen (secondary N) is 6. The quantitative estimate of drug-likeness (QED) is 0.0393. The molecular formula is C47H100N8O7. The van der Waals surface area contributed by atoms with Gasteiger partial charge in [0.25, 0.3) is 5.91 Å². The number of unbranched alkanes of at least 4 members (excludes halogenated alkanes) is 19. The molecule has 0 heterocycles. The number of aliphatic hydroxyl groups is 5. The number of hydrogen-bond acceptors (Lipinski definition) is 13. The van der Waals surface area contributed by atoms with E-state index in [1.807, 2.05) is 0 Å². The maximum Gasteiger partial charge on any atom is 0.251 e. The maximum atomic E-state index is 12.3. The topological polar surface area (TPSA) is 260 Å². The van der Waals surface area contributed by atoms with Gasteiger partial charge in [-0.25, -0.2) is 0 Å². The monoisotopic (exact) mass is 889 g/mol. The van der Waals surface area contributed by atoms with Crippen molar-refractivity contribution in [3.05, 3.63) is 0 Å². The van der Waals surface area contributed by atoms with E-state index in [1.165, 1.54) is 109 Å². The summed E-state index contributed by atoms with van der Waals surface area (Å²) in [6.07, 6.45) is 23.7. The number of carbonyl (C=O) groups is 2. The van der Waals surface area contributed by atoms with Crippen molar-refractivity contribution in [2.75, 3.05) is 85.1 Å². The Labute approximate surface area is 378 Å². The van der Waals surface area contributed by atoms with Crippen LogP contribution in [0.25, 0.3) is 0 Å². The average molecular weight is 889 g/mol. The van der Waals surface area contributed by atoms with Crippen LogP contribution in [0, 0.1) is 5.92 Å². The Kier molecular flexibility index (Phi) is 46.3. The molecule has 0 aliphatic heterocycles. The Morgan fingerprint density at radius 2 is 0.790 bits per heavy atom. The van der Waals surface area contributed by atoms with E-state index in [4.69, 9.17) is 16.6 Å². The third-order valence-electron chi connectivity index (χ3n) is 11.7. The summed E-state index contributed by atoms with van der Waals surface area (Å²) in [5.41, 5.74) is 11.1. The lowest BCUT2D eigenvalue weighted by Crippen LogP contribution is -2.51. The highest BCUT2D eigenvalue weighted by Crippen LogP contribution is 2.15. The van der Waals surface area contributed by atoms with Crippen molar-refractivity contribution in [3.63, 3.8) is 0 Å². The predicted octanol–water partition coefficient (Wildman–Crippen LogP) is 3.08. The van der Waals surface area contributed by atoms with Gasteiger partial charge < -0.3 is 68.9 Å². The number of carbonyl (C=O) groups excluding carboxylic acids is 2. The molecule has 4 atom stereocenters. The molecule has 0 saturated carbocycles. The first-order chi connectivity index (χ1) is 30.3. The molecule has 0 radical (unpaired) electrons. The third-order valence-corrected chi connectivity index (χ3v) is 11.7. The fourth-order valence-electron chi connectivity index (χ4n) is 7.52. The molecule has 0 aromatic heterocycles. The Hall–Kier alpha value is -1.50. The number of aliphatic hydroxyl groups excluding tert-OH is 5. The van der Waals surface area contributed by atoms with E-state index >= 15 is 0 Å². The van der Waals surface area contributed by atoms with Crippen LogP contribution in [-0.4, -0.2) is 147 Å². The van der Waals surface area contributed by atoms with Crippen LogP contribution in [0.3, 0.4) is 0 Å². The Balaban J connectivity index is 3.74. The summed E-state index contributed by atoms with van der Waals surface area (Å²) < 4.78 is 0. The molecule has 370 valence electrons. The van der Waals surface area contributed by atoms with Crippen molar-refractivity contribution in [1.82, 2.24) is 31.9 Å². The molecule has 0 aromatic carbocycles. The van der Waals surface area contributed by atoms with Gasteiger partial charge in [0.15, 0.2) is 6.10 Å². The van der Waals surface area contributed by atoms with Crippen molar-refractivity contribution in [2.45, 2.75) is 198 Å². The van der Waals surface area contributed by atoms with Gasteiger partial charge in [0, 0.05) is 19.5 Å². The molecule has 0 unspecified atom stereocenters. The van der Waals surface area contributed by atoms with E-state index in [0.29, 0.717) is 18.9 Å². The van der Waals surface area contributed by atoms with Crippen LogP contribution in [0.2, 0.25) is 0 Å². The fourth-order valence-corrected chi connectivity index (χ4v) is 7.52. The lowest BCUT2D eigenvalue weighted by atomic mass is 10.00. The van der Waals surface area contributed by atoms with Crippen molar-refractivity contribution in [1.29, 1.82) is 0 Å². The molecule has 15 N–H and O–H groups in total. The highest BCUT2D eigenvalue weighted by Gasteiger charge is 2.33. The lowest BCUT2D eigenvalue weighted by Gasteiger charge is -2.24. The smallest absolute Gasteiger partial charge is 0.251 e. The number of amides is 2. The van der Waals surface area contributed by atoms with Gasteiger partial charge in [-0.05, 0) is 136 Å². The van der Waals surface area contributed by atoms with E-state index in [1.54, 1.807) is 0 Å². The molecule has 62 heavy (non-hydrogen) atoms. The molecule has 0 spiro atoms. The van der Waals surface area contributed by atoms with Crippen LogP contribution in [-0.2, 0) is 9.59 Å². The average Bonchev–Trinajstić information content (AvgIpc) is 3.28. The summed E-state index contributed by atoms with van der Waals surface area (Å²) >= 11 is 0. The van der Waals surface area contributed by atoms with Crippen LogP contribution in [0.5, 0.6) is 0 Å². The van der Waals surface area contributed by atoms with Gasteiger partial charge in [0.05, 0.1) is 6.61 Å². The summed E-state index contributed by atoms with van der Waals surface area (Å²) in [5, 5.41) is 67.5. The van der Waals surface area contributed by atoms with Gasteiger partial charge >= 0.3 is 0 Å². The van der Waals surface area contributed by atoms with Gasteiger partial charge in [-0.3, -0.25) is 9.59 Å². The van der Waals surface area contributed by atoms with E-state index in [2.05, 4.69) is 31.9 Å².